The molecule has 0 aliphatic heterocycles. The first-order valence-electron chi connectivity index (χ1n) is 9.59. The summed E-state index contributed by atoms with van der Waals surface area (Å²) in [5.41, 5.74) is 3.54. The number of rotatable bonds is 5. The van der Waals surface area contributed by atoms with Crippen LogP contribution in [0.25, 0.3) is 16.9 Å². The molecule has 0 saturated heterocycles. The summed E-state index contributed by atoms with van der Waals surface area (Å²) in [7, 11) is 1.64. The highest BCUT2D eigenvalue weighted by atomic mass is 16.5. The molecule has 1 amide bonds. The monoisotopic (exact) mass is 380 g/mol. The number of hydrogen-bond donors (Lipinski definition) is 1. The van der Waals surface area contributed by atoms with Gasteiger partial charge in [0, 0.05) is 23.1 Å². The minimum absolute atomic E-state index is 0.0841. The third-order valence-electron chi connectivity index (χ3n) is 4.78. The van der Waals surface area contributed by atoms with Crippen molar-refractivity contribution in [3.63, 3.8) is 0 Å². The Bertz CT molecular complexity index is 1000. The van der Waals surface area contributed by atoms with E-state index in [1.807, 2.05) is 44.2 Å². The molecule has 0 bridgehead atoms. The Morgan fingerprint density at radius 2 is 2.00 bits per heavy atom. The molecule has 0 aliphatic rings. The summed E-state index contributed by atoms with van der Waals surface area (Å²) in [5.74, 6) is 0.566. The van der Waals surface area contributed by atoms with Gasteiger partial charge in [0.25, 0.3) is 5.91 Å². The van der Waals surface area contributed by atoms with E-state index < -0.39 is 0 Å². The fraction of sp³-hybridized carbons (Fsp3) is 0.409. The Morgan fingerprint density at radius 1 is 1.25 bits per heavy atom. The molecular weight excluding hydrogens is 352 g/mol. The van der Waals surface area contributed by atoms with E-state index in [1.165, 1.54) is 0 Å². The largest absolute Gasteiger partial charge is 0.497 e. The number of methoxy groups -OCH3 is 1. The van der Waals surface area contributed by atoms with Gasteiger partial charge in [-0.05, 0) is 31.5 Å². The Morgan fingerprint density at radius 3 is 2.64 bits per heavy atom. The molecule has 0 fully saturated rings. The van der Waals surface area contributed by atoms with Crippen LogP contribution in [0.15, 0.2) is 36.4 Å². The molecular formula is C22H28N4O2. The maximum absolute atomic E-state index is 12.7. The van der Waals surface area contributed by atoms with E-state index in [1.54, 1.807) is 17.7 Å². The zero-order valence-electron chi connectivity index (χ0n) is 17.4. The topological polar surface area (TPSA) is 68.5 Å². The standard InChI is InChI=1S/C22H28N4O2/c1-7-14(2)23-21(27)17-12-18(15-9-8-10-16(11-15)28-6)26-20(24-17)13-19(25-26)22(3,4)5/h8-14H,7H2,1-6H3,(H,23,27). The molecule has 0 aliphatic carbocycles. The van der Waals surface area contributed by atoms with Gasteiger partial charge in [-0.2, -0.15) is 5.10 Å². The van der Waals surface area contributed by atoms with Crippen LogP contribution in [0, 0.1) is 0 Å². The van der Waals surface area contributed by atoms with Crippen molar-refractivity contribution in [2.75, 3.05) is 7.11 Å². The number of carbonyl (C=O) groups is 1. The molecule has 3 aromatic rings. The van der Waals surface area contributed by atoms with Gasteiger partial charge in [0.2, 0.25) is 0 Å². The van der Waals surface area contributed by atoms with Crippen molar-refractivity contribution < 1.29 is 9.53 Å². The second-order valence-electron chi connectivity index (χ2n) is 8.09. The van der Waals surface area contributed by atoms with E-state index in [4.69, 9.17) is 9.84 Å². The second-order valence-corrected chi connectivity index (χ2v) is 8.09. The number of aromatic nitrogens is 3. The van der Waals surface area contributed by atoms with Gasteiger partial charge in [-0.15, -0.1) is 0 Å². The summed E-state index contributed by atoms with van der Waals surface area (Å²) in [6.07, 6.45) is 0.859. The van der Waals surface area contributed by atoms with Gasteiger partial charge in [-0.3, -0.25) is 4.79 Å². The molecule has 1 unspecified atom stereocenters. The zero-order chi connectivity index (χ0) is 20.5. The molecule has 2 heterocycles. The summed E-state index contributed by atoms with van der Waals surface area (Å²) in [4.78, 5) is 17.3. The van der Waals surface area contributed by atoms with Crippen molar-refractivity contribution in [3.05, 3.63) is 47.8 Å². The van der Waals surface area contributed by atoms with E-state index in [-0.39, 0.29) is 17.4 Å². The van der Waals surface area contributed by atoms with Crippen molar-refractivity contribution in [1.82, 2.24) is 19.9 Å². The van der Waals surface area contributed by atoms with E-state index in [0.717, 1.165) is 29.1 Å². The van der Waals surface area contributed by atoms with Crippen LogP contribution < -0.4 is 10.1 Å². The van der Waals surface area contributed by atoms with Crippen LogP contribution in [-0.4, -0.2) is 33.7 Å². The molecule has 1 N–H and O–H groups in total. The molecule has 148 valence electrons. The first kappa shape index (κ1) is 19.9. The van der Waals surface area contributed by atoms with Crippen LogP contribution in [0.3, 0.4) is 0 Å². The molecule has 0 saturated carbocycles. The molecule has 6 nitrogen and oxygen atoms in total. The number of benzene rings is 1. The smallest absolute Gasteiger partial charge is 0.270 e. The molecule has 6 heteroatoms. The van der Waals surface area contributed by atoms with Crippen molar-refractivity contribution in [3.8, 4) is 17.0 Å². The lowest BCUT2D eigenvalue weighted by Crippen LogP contribution is -2.32. The molecule has 1 atom stereocenters. The molecule has 3 rings (SSSR count). The van der Waals surface area contributed by atoms with Crippen LogP contribution in [0.5, 0.6) is 5.75 Å². The number of amides is 1. The maximum Gasteiger partial charge on any atom is 0.270 e. The Hall–Kier alpha value is -2.89. The van der Waals surface area contributed by atoms with Gasteiger partial charge in [-0.25, -0.2) is 9.50 Å². The highest BCUT2D eigenvalue weighted by Crippen LogP contribution is 2.28. The minimum Gasteiger partial charge on any atom is -0.497 e. The SMILES string of the molecule is CCC(C)NC(=O)c1cc(-c2cccc(OC)c2)n2nc(C(C)(C)C)cc2n1. The van der Waals surface area contributed by atoms with Gasteiger partial charge in [-0.1, -0.05) is 39.8 Å². The van der Waals surface area contributed by atoms with Crippen molar-refractivity contribution in [2.24, 2.45) is 0 Å². The summed E-state index contributed by atoms with van der Waals surface area (Å²) in [5, 5.41) is 7.77. The van der Waals surface area contributed by atoms with Crippen LogP contribution >= 0.6 is 0 Å². The fourth-order valence-electron chi connectivity index (χ4n) is 2.85. The van der Waals surface area contributed by atoms with Gasteiger partial charge in [0.15, 0.2) is 5.65 Å². The fourth-order valence-corrected chi connectivity index (χ4v) is 2.85. The number of carbonyl (C=O) groups excluding carboxylic acids is 1. The second kappa shape index (κ2) is 7.62. The number of ether oxygens (including phenoxy) is 1. The first-order chi connectivity index (χ1) is 13.2. The number of fused-ring (bicyclic) bond motifs is 1. The zero-order valence-corrected chi connectivity index (χ0v) is 17.4. The predicted molar refractivity (Wildman–Crippen MR) is 111 cm³/mol. The van der Waals surface area contributed by atoms with Crippen molar-refractivity contribution in [2.45, 2.75) is 52.5 Å². The number of nitrogens with one attached hydrogen (secondary N) is 1. The van der Waals surface area contributed by atoms with Crippen LogP contribution in [0.1, 0.15) is 57.2 Å². The lowest BCUT2D eigenvalue weighted by molar-refractivity contribution is 0.0934. The highest BCUT2D eigenvalue weighted by molar-refractivity contribution is 5.94. The molecule has 0 radical (unpaired) electrons. The molecule has 1 aromatic carbocycles. The van der Waals surface area contributed by atoms with Crippen molar-refractivity contribution >= 4 is 11.6 Å². The van der Waals surface area contributed by atoms with E-state index in [2.05, 4.69) is 31.1 Å². The number of hydrogen-bond acceptors (Lipinski definition) is 4. The Kier molecular flexibility index (Phi) is 5.40. The Balaban J connectivity index is 2.20. The number of nitrogens with zero attached hydrogens (tertiary/aromatic N) is 3. The average molecular weight is 380 g/mol. The summed E-state index contributed by atoms with van der Waals surface area (Å²) in [6.45, 7) is 10.3. The van der Waals surface area contributed by atoms with Crippen molar-refractivity contribution in [1.29, 1.82) is 0 Å². The van der Waals surface area contributed by atoms with E-state index in [9.17, 15) is 4.79 Å². The summed E-state index contributed by atoms with van der Waals surface area (Å²) >= 11 is 0. The molecule has 28 heavy (non-hydrogen) atoms. The minimum atomic E-state index is -0.181. The predicted octanol–water partition coefficient (Wildman–Crippen LogP) is 4.23. The first-order valence-corrected chi connectivity index (χ1v) is 9.59. The summed E-state index contributed by atoms with van der Waals surface area (Å²) < 4.78 is 7.17. The van der Waals surface area contributed by atoms with Gasteiger partial charge >= 0.3 is 0 Å². The van der Waals surface area contributed by atoms with Gasteiger partial charge in [0.1, 0.15) is 11.4 Å². The van der Waals surface area contributed by atoms with Crippen LogP contribution in [0.4, 0.5) is 0 Å². The third-order valence-corrected chi connectivity index (χ3v) is 4.78. The van der Waals surface area contributed by atoms with Crippen LogP contribution in [-0.2, 0) is 5.41 Å². The highest BCUT2D eigenvalue weighted by Gasteiger charge is 2.22. The van der Waals surface area contributed by atoms with Gasteiger partial charge < -0.3 is 10.1 Å². The lowest BCUT2D eigenvalue weighted by atomic mass is 9.93. The maximum atomic E-state index is 12.7. The molecule has 2 aromatic heterocycles. The lowest BCUT2D eigenvalue weighted by Gasteiger charge is -2.14. The van der Waals surface area contributed by atoms with E-state index in [0.29, 0.717) is 11.3 Å². The quantitative estimate of drug-likeness (QED) is 0.719. The average Bonchev–Trinajstić information content (AvgIpc) is 3.11. The Labute approximate surface area is 165 Å². The third kappa shape index (κ3) is 4.01. The molecule has 0 spiro atoms. The van der Waals surface area contributed by atoms with Gasteiger partial charge in [0.05, 0.1) is 18.5 Å². The van der Waals surface area contributed by atoms with Crippen LogP contribution in [0.2, 0.25) is 0 Å². The normalized spacial score (nSPS) is 12.8. The summed E-state index contributed by atoms with van der Waals surface area (Å²) in [6, 6.07) is 11.6. The van der Waals surface area contributed by atoms with E-state index >= 15 is 0 Å².